The summed E-state index contributed by atoms with van der Waals surface area (Å²) in [5.41, 5.74) is 2.88. The number of hydrogen-bond acceptors (Lipinski definition) is 4. The van der Waals surface area contributed by atoms with Gasteiger partial charge in [-0.15, -0.1) is 0 Å². The molecular formula is C17H11Cl2N3O. The predicted octanol–water partition coefficient (Wildman–Crippen LogP) is 5.73. The minimum absolute atomic E-state index is 0.591. The molecule has 2 aromatic carbocycles. The fraction of sp³-hybridized carbons (Fsp3) is 0.0588. The van der Waals surface area contributed by atoms with Crippen LogP contribution in [0.1, 0.15) is 5.82 Å². The summed E-state index contributed by atoms with van der Waals surface area (Å²) in [4.78, 5) is 8.95. The van der Waals surface area contributed by atoms with E-state index in [2.05, 4.69) is 15.3 Å². The summed E-state index contributed by atoms with van der Waals surface area (Å²) in [7, 11) is 0. The Hall–Kier alpha value is -2.30. The molecule has 2 heterocycles. The van der Waals surface area contributed by atoms with Crippen molar-refractivity contribution >= 4 is 56.8 Å². The Bertz CT molecular complexity index is 1040. The Kier molecular flexibility index (Phi) is 3.36. The van der Waals surface area contributed by atoms with E-state index < -0.39 is 0 Å². The van der Waals surface area contributed by atoms with Gasteiger partial charge in [-0.05, 0) is 43.3 Å². The van der Waals surface area contributed by atoms with E-state index in [1.165, 1.54) is 0 Å². The minimum atomic E-state index is 0.591. The molecule has 0 radical (unpaired) electrons. The maximum Gasteiger partial charge on any atom is 0.196 e. The van der Waals surface area contributed by atoms with Crippen molar-refractivity contribution < 1.29 is 4.42 Å². The molecule has 0 aliphatic heterocycles. The van der Waals surface area contributed by atoms with Gasteiger partial charge in [-0.3, -0.25) is 0 Å². The van der Waals surface area contributed by atoms with Gasteiger partial charge in [0.05, 0.1) is 0 Å². The van der Waals surface area contributed by atoms with Crippen LogP contribution in [-0.2, 0) is 0 Å². The van der Waals surface area contributed by atoms with Crippen LogP contribution < -0.4 is 5.32 Å². The van der Waals surface area contributed by atoms with Crippen LogP contribution in [0.3, 0.4) is 0 Å². The number of benzene rings is 2. The van der Waals surface area contributed by atoms with Crippen LogP contribution in [0.2, 0.25) is 10.0 Å². The Morgan fingerprint density at radius 2 is 1.83 bits per heavy atom. The molecule has 0 atom stereocenters. The second-order valence-electron chi connectivity index (χ2n) is 5.18. The van der Waals surface area contributed by atoms with Gasteiger partial charge in [-0.2, -0.15) is 0 Å². The molecule has 0 saturated carbocycles. The van der Waals surface area contributed by atoms with Crippen molar-refractivity contribution in [1.82, 2.24) is 9.97 Å². The zero-order valence-electron chi connectivity index (χ0n) is 12.1. The van der Waals surface area contributed by atoms with Gasteiger partial charge in [0.25, 0.3) is 0 Å². The zero-order chi connectivity index (χ0) is 16.0. The fourth-order valence-corrected chi connectivity index (χ4v) is 2.88. The summed E-state index contributed by atoms with van der Waals surface area (Å²) in [6.07, 6.45) is 0. The van der Waals surface area contributed by atoms with Gasteiger partial charge in [-0.1, -0.05) is 29.3 Å². The molecular weight excluding hydrogens is 333 g/mol. The minimum Gasteiger partial charge on any atom is -0.450 e. The second-order valence-corrected chi connectivity index (χ2v) is 6.05. The summed E-state index contributed by atoms with van der Waals surface area (Å²) in [5.74, 6) is 1.24. The van der Waals surface area contributed by atoms with E-state index in [0.717, 1.165) is 22.2 Å². The number of halogens is 2. The molecule has 6 heteroatoms. The summed E-state index contributed by atoms with van der Waals surface area (Å²) in [6, 6.07) is 12.9. The average Bonchev–Trinajstić information content (AvgIpc) is 2.85. The Labute approximate surface area is 142 Å². The molecule has 0 fully saturated rings. The van der Waals surface area contributed by atoms with Crippen LogP contribution in [0.25, 0.3) is 22.1 Å². The molecule has 4 rings (SSSR count). The smallest absolute Gasteiger partial charge is 0.196 e. The van der Waals surface area contributed by atoms with Crippen molar-refractivity contribution in [3.05, 3.63) is 58.3 Å². The first-order chi connectivity index (χ1) is 11.1. The van der Waals surface area contributed by atoms with Gasteiger partial charge in [0, 0.05) is 21.1 Å². The molecule has 0 bridgehead atoms. The molecule has 0 saturated heterocycles. The van der Waals surface area contributed by atoms with Crippen LogP contribution >= 0.6 is 23.2 Å². The maximum absolute atomic E-state index is 6.09. The summed E-state index contributed by atoms with van der Waals surface area (Å²) in [5, 5.41) is 5.40. The number of hydrogen-bond donors (Lipinski definition) is 1. The molecule has 23 heavy (non-hydrogen) atoms. The summed E-state index contributed by atoms with van der Waals surface area (Å²) < 4.78 is 5.92. The number of rotatable bonds is 2. The van der Waals surface area contributed by atoms with E-state index in [1.54, 1.807) is 6.07 Å². The van der Waals surface area contributed by atoms with Crippen molar-refractivity contribution in [1.29, 1.82) is 0 Å². The highest BCUT2D eigenvalue weighted by Gasteiger charge is 2.15. The highest BCUT2D eigenvalue weighted by Crippen LogP contribution is 2.34. The van der Waals surface area contributed by atoms with E-state index in [-0.39, 0.29) is 0 Å². The molecule has 0 aliphatic carbocycles. The largest absolute Gasteiger partial charge is 0.450 e. The number of aromatic nitrogens is 2. The molecule has 114 valence electrons. The van der Waals surface area contributed by atoms with Crippen LogP contribution in [0, 0.1) is 6.92 Å². The van der Waals surface area contributed by atoms with Crippen LogP contribution in [0.15, 0.2) is 46.9 Å². The lowest BCUT2D eigenvalue weighted by molar-refractivity contribution is 0.666. The van der Waals surface area contributed by atoms with E-state index in [0.29, 0.717) is 27.3 Å². The number of anilines is 2. The van der Waals surface area contributed by atoms with E-state index >= 15 is 0 Å². The molecule has 0 spiro atoms. The van der Waals surface area contributed by atoms with Crippen molar-refractivity contribution in [2.75, 3.05) is 5.32 Å². The van der Waals surface area contributed by atoms with Gasteiger partial charge in [0.2, 0.25) is 0 Å². The van der Waals surface area contributed by atoms with Gasteiger partial charge >= 0.3 is 0 Å². The fourth-order valence-electron chi connectivity index (χ4n) is 2.52. The van der Waals surface area contributed by atoms with Crippen LogP contribution in [0.4, 0.5) is 11.5 Å². The van der Waals surface area contributed by atoms with Crippen molar-refractivity contribution in [2.24, 2.45) is 0 Å². The number of furan rings is 1. The maximum atomic E-state index is 6.09. The standard InChI is InChI=1S/C17H11Cl2N3O/c1-9-20-15-13-8-11(19)5-6-14(13)23-16(15)17(21-9)22-12-4-2-3-10(18)7-12/h2-8H,1H3,(H,20,21,22). The number of fused-ring (bicyclic) bond motifs is 3. The number of aryl methyl sites for hydroxylation is 1. The SMILES string of the molecule is Cc1nc(Nc2cccc(Cl)c2)c2oc3ccc(Cl)cc3c2n1. The molecule has 0 unspecified atom stereocenters. The first kappa shape index (κ1) is 14.3. The predicted molar refractivity (Wildman–Crippen MR) is 93.8 cm³/mol. The number of nitrogens with zero attached hydrogens (tertiary/aromatic N) is 2. The third-order valence-corrected chi connectivity index (χ3v) is 3.94. The molecule has 2 aromatic heterocycles. The normalized spacial score (nSPS) is 11.3. The third-order valence-electron chi connectivity index (χ3n) is 3.47. The zero-order valence-corrected chi connectivity index (χ0v) is 13.6. The molecule has 4 aromatic rings. The Balaban J connectivity index is 1.94. The number of nitrogens with one attached hydrogen (secondary N) is 1. The first-order valence-electron chi connectivity index (χ1n) is 6.99. The second kappa shape index (κ2) is 5.41. The Morgan fingerprint density at radius 1 is 1.00 bits per heavy atom. The summed E-state index contributed by atoms with van der Waals surface area (Å²) >= 11 is 12.1. The third kappa shape index (κ3) is 2.60. The van der Waals surface area contributed by atoms with Crippen molar-refractivity contribution in [3.8, 4) is 0 Å². The van der Waals surface area contributed by atoms with E-state index in [9.17, 15) is 0 Å². The van der Waals surface area contributed by atoms with Crippen LogP contribution in [-0.4, -0.2) is 9.97 Å². The quantitative estimate of drug-likeness (QED) is 0.504. The van der Waals surface area contributed by atoms with Crippen molar-refractivity contribution in [2.45, 2.75) is 6.92 Å². The topological polar surface area (TPSA) is 51.0 Å². The van der Waals surface area contributed by atoms with Crippen LogP contribution in [0.5, 0.6) is 0 Å². The highest BCUT2D eigenvalue weighted by atomic mass is 35.5. The van der Waals surface area contributed by atoms with Crippen molar-refractivity contribution in [3.63, 3.8) is 0 Å². The van der Waals surface area contributed by atoms with Gasteiger partial charge < -0.3 is 9.73 Å². The molecule has 0 amide bonds. The molecule has 1 N–H and O–H groups in total. The first-order valence-corrected chi connectivity index (χ1v) is 7.75. The van der Waals surface area contributed by atoms with Gasteiger partial charge in [0.15, 0.2) is 11.4 Å². The lowest BCUT2D eigenvalue weighted by Crippen LogP contribution is -1.97. The monoisotopic (exact) mass is 343 g/mol. The van der Waals surface area contributed by atoms with E-state index in [4.69, 9.17) is 27.6 Å². The van der Waals surface area contributed by atoms with Gasteiger partial charge in [0.1, 0.15) is 16.9 Å². The average molecular weight is 344 g/mol. The lowest BCUT2D eigenvalue weighted by Gasteiger charge is -2.07. The molecule has 4 nitrogen and oxygen atoms in total. The summed E-state index contributed by atoms with van der Waals surface area (Å²) in [6.45, 7) is 1.84. The Morgan fingerprint density at radius 3 is 2.65 bits per heavy atom. The molecule has 0 aliphatic rings. The highest BCUT2D eigenvalue weighted by molar-refractivity contribution is 6.31. The van der Waals surface area contributed by atoms with E-state index in [1.807, 2.05) is 43.3 Å². The van der Waals surface area contributed by atoms with Gasteiger partial charge in [-0.25, -0.2) is 9.97 Å². The lowest BCUT2D eigenvalue weighted by atomic mass is 10.2.